The zero-order valence-electron chi connectivity index (χ0n) is 8.90. The van der Waals surface area contributed by atoms with Crippen LogP contribution in [0.5, 0.6) is 0 Å². The van der Waals surface area contributed by atoms with E-state index in [0.29, 0.717) is 0 Å². The van der Waals surface area contributed by atoms with Gasteiger partial charge in [-0.25, -0.2) is 0 Å². The molecule has 74 valence electrons. The maximum Gasteiger partial charge on any atom is 0.0107 e. The first-order valence-electron chi connectivity index (χ1n) is 5.28. The topological polar surface area (TPSA) is 15.3 Å². The molecule has 0 unspecified atom stereocenters. The molecule has 0 heterocycles. The van der Waals surface area contributed by atoms with E-state index in [4.69, 9.17) is 0 Å². The van der Waals surface area contributed by atoms with Crippen LogP contribution in [0.3, 0.4) is 0 Å². The Hall–Kier alpha value is -0.0800. The zero-order valence-corrected chi connectivity index (χ0v) is 8.90. The van der Waals surface area contributed by atoms with Crippen LogP contribution in [-0.4, -0.2) is 37.6 Å². The maximum atomic E-state index is 3.44. The van der Waals surface area contributed by atoms with E-state index in [2.05, 4.69) is 31.0 Å². The predicted octanol–water partition coefficient (Wildman–Crippen LogP) is 1.72. The minimum absolute atomic E-state index is 1.14. The van der Waals surface area contributed by atoms with Crippen LogP contribution < -0.4 is 5.32 Å². The van der Waals surface area contributed by atoms with Crippen molar-refractivity contribution >= 4 is 0 Å². The molecule has 0 saturated carbocycles. The van der Waals surface area contributed by atoms with E-state index in [1.54, 1.807) is 0 Å². The molecule has 0 aromatic carbocycles. The summed E-state index contributed by atoms with van der Waals surface area (Å²) in [5, 5.41) is 3.44. The van der Waals surface area contributed by atoms with Crippen molar-refractivity contribution in [2.75, 3.05) is 32.7 Å². The summed E-state index contributed by atoms with van der Waals surface area (Å²) in [5.41, 5.74) is 0. The summed E-state index contributed by atoms with van der Waals surface area (Å²) in [6.45, 7) is 12.5. The first-order valence-corrected chi connectivity index (χ1v) is 5.28. The van der Waals surface area contributed by atoms with Crippen molar-refractivity contribution in [1.29, 1.82) is 0 Å². The lowest BCUT2D eigenvalue weighted by molar-refractivity contribution is 0.302. The van der Waals surface area contributed by atoms with Crippen molar-refractivity contribution in [3.63, 3.8) is 0 Å². The highest BCUT2D eigenvalue weighted by atomic mass is 15.1. The summed E-state index contributed by atoms with van der Waals surface area (Å²) in [6.07, 6.45) is 2.59. The Balaban J connectivity index is 3.06. The average molecular weight is 172 g/mol. The van der Waals surface area contributed by atoms with Crippen LogP contribution >= 0.6 is 0 Å². The van der Waals surface area contributed by atoms with E-state index < -0.39 is 0 Å². The zero-order chi connectivity index (χ0) is 9.23. The van der Waals surface area contributed by atoms with Crippen LogP contribution in [0, 0.1) is 0 Å². The summed E-state index contributed by atoms with van der Waals surface area (Å²) in [7, 11) is 0. The third kappa shape index (κ3) is 6.62. The van der Waals surface area contributed by atoms with Gasteiger partial charge in [0.1, 0.15) is 0 Å². The summed E-state index contributed by atoms with van der Waals surface area (Å²) in [6, 6.07) is 0. The fraction of sp³-hybridized carbons (Fsp3) is 1.00. The Bertz CT molecular complexity index is 79.9. The number of nitrogens with zero attached hydrogens (tertiary/aromatic N) is 1. The fourth-order valence-electron chi connectivity index (χ4n) is 1.20. The number of likely N-dealkylation sites (N-methyl/N-ethyl adjacent to an activating group) is 1. The number of rotatable bonds is 8. The van der Waals surface area contributed by atoms with Gasteiger partial charge in [0.05, 0.1) is 0 Å². The second-order valence-corrected chi connectivity index (χ2v) is 3.13. The molecule has 0 radical (unpaired) electrons. The van der Waals surface area contributed by atoms with Crippen molar-refractivity contribution < 1.29 is 0 Å². The minimum atomic E-state index is 1.14. The highest BCUT2D eigenvalue weighted by Crippen LogP contribution is 1.85. The van der Waals surface area contributed by atoms with Crippen molar-refractivity contribution in [3.8, 4) is 0 Å². The highest BCUT2D eigenvalue weighted by molar-refractivity contribution is 4.55. The molecule has 0 aromatic rings. The molecular formula is C10H24N2. The third-order valence-corrected chi connectivity index (χ3v) is 2.21. The summed E-state index contributed by atoms with van der Waals surface area (Å²) in [4.78, 5) is 2.44. The molecule has 1 N–H and O–H groups in total. The van der Waals surface area contributed by atoms with Crippen LogP contribution in [-0.2, 0) is 0 Å². The summed E-state index contributed by atoms with van der Waals surface area (Å²) >= 11 is 0. The third-order valence-electron chi connectivity index (χ3n) is 2.21. The standard InChI is InChI=1S/C10H24N2/c1-4-7-8-11-9-10-12(5-2)6-3/h11H,4-10H2,1-3H3. The van der Waals surface area contributed by atoms with Gasteiger partial charge < -0.3 is 10.2 Å². The van der Waals surface area contributed by atoms with Gasteiger partial charge in [0, 0.05) is 13.1 Å². The van der Waals surface area contributed by atoms with Crippen LogP contribution in [0.25, 0.3) is 0 Å². The molecule has 0 rings (SSSR count). The van der Waals surface area contributed by atoms with Gasteiger partial charge in [0.2, 0.25) is 0 Å². The number of hydrogen-bond donors (Lipinski definition) is 1. The Morgan fingerprint density at radius 3 is 2.17 bits per heavy atom. The number of unbranched alkanes of at least 4 members (excludes halogenated alkanes) is 1. The van der Waals surface area contributed by atoms with E-state index in [1.807, 2.05) is 0 Å². The molecular weight excluding hydrogens is 148 g/mol. The van der Waals surface area contributed by atoms with Crippen molar-refractivity contribution in [3.05, 3.63) is 0 Å². The predicted molar refractivity (Wildman–Crippen MR) is 55.6 cm³/mol. The molecule has 0 saturated heterocycles. The Morgan fingerprint density at radius 1 is 1.00 bits per heavy atom. The smallest absolute Gasteiger partial charge is 0.0107 e. The van der Waals surface area contributed by atoms with E-state index in [0.717, 1.165) is 6.54 Å². The number of hydrogen-bond acceptors (Lipinski definition) is 2. The van der Waals surface area contributed by atoms with Gasteiger partial charge in [0.15, 0.2) is 0 Å². The monoisotopic (exact) mass is 172 g/mol. The van der Waals surface area contributed by atoms with Crippen molar-refractivity contribution in [2.45, 2.75) is 33.6 Å². The number of nitrogens with one attached hydrogen (secondary N) is 1. The lowest BCUT2D eigenvalue weighted by atomic mass is 10.3. The molecule has 2 heteroatoms. The van der Waals surface area contributed by atoms with Gasteiger partial charge in [-0.15, -0.1) is 0 Å². The van der Waals surface area contributed by atoms with E-state index >= 15 is 0 Å². The van der Waals surface area contributed by atoms with E-state index in [-0.39, 0.29) is 0 Å². The molecule has 0 atom stereocenters. The van der Waals surface area contributed by atoms with E-state index in [1.165, 1.54) is 39.0 Å². The Kier molecular flexibility index (Phi) is 8.95. The fourth-order valence-corrected chi connectivity index (χ4v) is 1.20. The molecule has 0 bridgehead atoms. The maximum absolute atomic E-state index is 3.44. The molecule has 0 spiro atoms. The van der Waals surface area contributed by atoms with Crippen LogP contribution in [0.1, 0.15) is 33.6 Å². The average Bonchev–Trinajstić information content (AvgIpc) is 2.11. The molecule has 2 nitrogen and oxygen atoms in total. The highest BCUT2D eigenvalue weighted by Gasteiger charge is 1.96. The van der Waals surface area contributed by atoms with Gasteiger partial charge in [-0.05, 0) is 26.1 Å². The molecule has 0 fully saturated rings. The summed E-state index contributed by atoms with van der Waals surface area (Å²) < 4.78 is 0. The van der Waals surface area contributed by atoms with Crippen LogP contribution in [0.4, 0.5) is 0 Å². The lowest BCUT2D eigenvalue weighted by Crippen LogP contribution is -2.32. The molecule has 0 aliphatic carbocycles. The van der Waals surface area contributed by atoms with Gasteiger partial charge in [0.25, 0.3) is 0 Å². The van der Waals surface area contributed by atoms with E-state index in [9.17, 15) is 0 Å². The van der Waals surface area contributed by atoms with Crippen molar-refractivity contribution in [2.24, 2.45) is 0 Å². The second kappa shape index (κ2) is 9.01. The molecule has 12 heavy (non-hydrogen) atoms. The van der Waals surface area contributed by atoms with Crippen LogP contribution in [0.15, 0.2) is 0 Å². The largest absolute Gasteiger partial charge is 0.315 e. The summed E-state index contributed by atoms with van der Waals surface area (Å²) in [5.74, 6) is 0. The SMILES string of the molecule is CCCCNCCN(CC)CC. The Labute approximate surface area is 77.3 Å². The van der Waals surface area contributed by atoms with Crippen molar-refractivity contribution in [1.82, 2.24) is 10.2 Å². The Morgan fingerprint density at radius 2 is 1.67 bits per heavy atom. The van der Waals surface area contributed by atoms with Gasteiger partial charge in [-0.3, -0.25) is 0 Å². The molecule has 0 aromatic heterocycles. The minimum Gasteiger partial charge on any atom is -0.315 e. The molecule has 0 amide bonds. The second-order valence-electron chi connectivity index (χ2n) is 3.13. The molecule has 0 aliphatic rings. The van der Waals surface area contributed by atoms with Crippen LogP contribution in [0.2, 0.25) is 0 Å². The quantitative estimate of drug-likeness (QED) is 0.561. The normalized spacial score (nSPS) is 11.0. The molecule has 0 aliphatic heterocycles. The first kappa shape index (κ1) is 11.9. The first-order chi connectivity index (χ1) is 5.85. The lowest BCUT2D eigenvalue weighted by Gasteiger charge is -2.17. The van der Waals surface area contributed by atoms with Gasteiger partial charge in [-0.1, -0.05) is 27.2 Å². The van der Waals surface area contributed by atoms with Gasteiger partial charge in [-0.2, -0.15) is 0 Å². The van der Waals surface area contributed by atoms with Gasteiger partial charge >= 0.3 is 0 Å².